The lowest BCUT2D eigenvalue weighted by Gasteiger charge is -2.09. The maximum Gasteiger partial charge on any atom is 0.311 e. The first-order valence-electron chi connectivity index (χ1n) is 5.39. The van der Waals surface area contributed by atoms with Gasteiger partial charge in [0, 0.05) is 19.7 Å². The van der Waals surface area contributed by atoms with Gasteiger partial charge in [-0.15, -0.1) is 0 Å². The molecular formula is C12H13N3O3. The number of hydrogen-bond acceptors (Lipinski definition) is 3. The lowest BCUT2D eigenvalue weighted by Crippen LogP contribution is -2.21. The number of carboxylic acids is 1. The van der Waals surface area contributed by atoms with Gasteiger partial charge in [-0.3, -0.25) is 9.59 Å². The topological polar surface area (TPSA) is 86.3 Å². The molecule has 0 radical (unpaired) electrons. The largest absolute Gasteiger partial charge is 0.481 e. The first kappa shape index (κ1) is 12.1. The highest BCUT2D eigenvalue weighted by Crippen LogP contribution is 2.15. The van der Waals surface area contributed by atoms with Crippen LogP contribution in [0.5, 0.6) is 0 Å². The molecule has 0 spiro atoms. The molecular weight excluding hydrogens is 234 g/mol. The molecule has 2 rings (SSSR count). The van der Waals surface area contributed by atoms with Crippen LogP contribution >= 0.6 is 0 Å². The third kappa shape index (κ3) is 2.32. The van der Waals surface area contributed by atoms with Gasteiger partial charge in [-0.1, -0.05) is 0 Å². The molecule has 0 unspecified atom stereocenters. The standard InChI is InChI=1S/C12H13N3O3/c1-15(2)12(18)7-3-4-8-9(5-7)14-10(13-8)6-11(16)17/h3-5H,6H2,1-2H3,(H,13,14)(H,16,17). The lowest BCUT2D eigenvalue weighted by atomic mass is 10.2. The number of nitrogens with one attached hydrogen (secondary N) is 1. The van der Waals surface area contributed by atoms with Crippen LogP contribution in [0.4, 0.5) is 0 Å². The van der Waals surface area contributed by atoms with E-state index in [1.54, 1.807) is 32.3 Å². The Balaban J connectivity index is 2.39. The van der Waals surface area contributed by atoms with Crippen molar-refractivity contribution in [1.29, 1.82) is 0 Å². The van der Waals surface area contributed by atoms with Crippen LogP contribution in [0, 0.1) is 0 Å². The molecule has 0 aliphatic rings. The van der Waals surface area contributed by atoms with E-state index in [-0.39, 0.29) is 12.3 Å². The molecule has 94 valence electrons. The molecule has 0 aliphatic carbocycles. The molecule has 0 saturated heterocycles. The molecule has 2 N–H and O–H groups in total. The predicted octanol–water partition coefficient (Wildman–Crippen LogP) is 0.892. The summed E-state index contributed by atoms with van der Waals surface area (Å²) in [5, 5.41) is 8.69. The van der Waals surface area contributed by atoms with Gasteiger partial charge in [-0.05, 0) is 18.2 Å². The van der Waals surface area contributed by atoms with Crippen molar-refractivity contribution in [3.8, 4) is 0 Å². The smallest absolute Gasteiger partial charge is 0.311 e. The zero-order valence-electron chi connectivity index (χ0n) is 10.1. The van der Waals surface area contributed by atoms with Gasteiger partial charge in [0.15, 0.2) is 0 Å². The summed E-state index contributed by atoms with van der Waals surface area (Å²) in [4.78, 5) is 30.9. The van der Waals surface area contributed by atoms with E-state index in [0.717, 1.165) is 0 Å². The highest BCUT2D eigenvalue weighted by Gasteiger charge is 2.11. The molecule has 6 heteroatoms. The number of aromatic amines is 1. The Morgan fingerprint density at radius 1 is 1.39 bits per heavy atom. The van der Waals surface area contributed by atoms with Crippen LogP contribution < -0.4 is 0 Å². The molecule has 1 heterocycles. The summed E-state index contributed by atoms with van der Waals surface area (Å²) in [6, 6.07) is 5.06. The average Bonchev–Trinajstić information content (AvgIpc) is 2.67. The van der Waals surface area contributed by atoms with Gasteiger partial charge >= 0.3 is 5.97 Å². The first-order chi connectivity index (χ1) is 8.47. The van der Waals surface area contributed by atoms with E-state index in [4.69, 9.17) is 5.11 Å². The first-order valence-corrected chi connectivity index (χ1v) is 5.39. The number of imidazole rings is 1. The highest BCUT2D eigenvalue weighted by atomic mass is 16.4. The van der Waals surface area contributed by atoms with Crippen LogP contribution in [0.2, 0.25) is 0 Å². The number of aliphatic carboxylic acids is 1. The molecule has 1 aromatic heterocycles. The Morgan fingerprint density at radius 2 is 2.11 bits per heavy atom. The Labute approximate surface area is 103 Å². The Hall–Kier alpha value is -2.37. The molecule has 0 saturated carbocycles. The van der Waals surface area contributed by atoms with Gasteiger partial charge in [0.25, 0.3) is 5.91 Å². The third-order valence-electron chi connectivity index (χ3n) is 2.50. The fourth-order valence-electron chi connectivity index (χ4n) is 1.68. The van der Waals surface area contributed by atoms with E-state index in [1.165, 1.54) is 4.90 Å². The van der Waals surface area contributed by atoms with E-state index in [1.807, 2.05) is 0 Å². The average molecular weight is 247 g/mol. The van der Waals surface area contributed by atoms with Gasteiger partial charge in [-0.2, -0.15) is 0 Å². The quantitative estimate of drug-likeness (QED) is 0.843. The van der Waals surface area contributed by atoms with Crippen LogP contribution in [0.1, 0.15) is 16.2 Å². The van der Waals surface area contributed by atoms with Crippen molar-refractivity contribution in [1.82, 2.24) is 14.9 Å². The second kappa shape index (κ2) is 4.48. The van der Waals surface area contributed by atoms with Crippen LogP contribution in [-0.2, 0) is 11.2 Å². The number of hydrogen-bond donors (Lipinski definition) is 2. The molecule has 18 heavy (non-hydrogen) atoms. The van der Waals surface area contributed by atoms with Crippen molar-refractivity contribution < 1.29 is 14.7 Å². The molecule has 0 aliphatic heterocycles. The second-order valence-corrected chi connectivity index (χ2v) is 4.19. The zero-order valence-corrected chi connectivity index (χ0v) is 10.1. The summed E-state index contributed by atoms with van der Waals surface area (Å²) in [6.45, 7) is 0. The van der Waals surface area contributed by atoms with E-state index in [2.05, 4.69) is 9.97 Å². The molecule has 0 bridgehead atoms. The Kier molecular flexibility index (Phi) is 3.01. The predicted molar refractivity (Wildman–Crippen MR) is 65.5 cm³/mol. The normalized spacial score (nSPS) is 10.6. The van der Waals surface area contributed by atoms with Crippen LogP contribution in [0.15, 0.2) is 18.2 Å². The number of amides is 1. The van der Waals surface area contributed by atoms with Crippen molar-refractivity contribution in [3.05, 3.63) is 29.6 Å². The molecule has 6 nitrogen and oxygen atoms in total. The monoisotopic (exact) mass is 247 g/mol. The van der Waals surface area contributed by atoms with Crippen molar-refractivity contribution in [2.24, 2.45) is 0 Å². The van der Waals surface area contributed by atoms with E-state index in [9.17, 15) is 9.59 Å². The molecule has 0 atom stereocenters. The van der Waals surface area contributed by atoms with Crippen molar-refractivity contribution in [2.45, 2.75) is 6.42 Å². The minimum absolute atomic E-state index is 0.105. The number of fused-ring (bicyclic) bond motifs is 1. The Bertz CT molecular complexity index is 616. The summed E-state index contributed by atoms with van der Waals surface area (Å²) >= 11 is 0. The number of carboxylic acid groups (broad SMARTS) is 1. The van der Waals surface area contributed by atoms with Gasteiger partial charge in [0.05, 0.1) is 11.0 Å². The minimum Gasteiger partial charge on any atom is -0.481 e. The minimum atomic E-state index is -0.946. The Morgan fingerprint density at radius 3 is 2.72 bits per heavy atom. The van der Waals surface area contributed by atoms with Crippen LogP contribution in [0.25, 0.3) is 11.0 Å². The van der Waals surface area contributed by atoms with E-state index >= 15 is 0 Å². The molecule has 1 amide bonds. The van der Waals surface area contributed by atoms with E-state index in [0.29, 0.717) is 22.4 Å². The third-order valence-corrected chi connectivity index (χ3v) is 2.50. The van der Waals surface area contributed by atoms with Crippen molar-refractivity contribution >= 4 is 22.9 Å². The molecule has 2 aromatic rings. The molecule has 0 fully saturated rings. The van der Waals surface area contributed by atoms with Gasteiger partial charge < -0.3 is 15.0 Å². The summed E-state index contributed by atoms with van der Waals surface area (Å²) in [5.41, 5.74) is 1.86. The number of rotatable bonds is 3. The SMILES string of the molecule is CN(C)C(=O)c1ccc2nc(CC(=O)O)[nH]c2c1. The van der Waals surface area contributed by atoms with E-state index < -0.39 is 5.97 Å². The lowest BCUT2D eigenvalue weighted by molar-refractivity contribution is -0.136. The summed E-state index contributed by atoms with van der Waals surface area (Å²) in [5.74, 6) is -0.670. The number of nitrogens with zero attached hydrogens (tertiary/aromatic N) is 2. The number of carbonyl (C=O) groups excluding carboxylic acids is 1. The number of carbonyl (C=O) groups is 2. The fourth-order valence-corrected chi connectivity index (χ4v) is 1.68. The van der Waals surface area contributed by atoms with Gasteiger partial charge in [0.2, 0.25) is 0 Å². The van der Waals surface area contributed by atoms with Crippen LogP contribution in [-0.4, -0.2) is 45.9 Å². The fraction of sp³-hybridized carbons (Fsp3) is 0.250. The molecule has 1 aromatic carbocycles. The highest BCUT2D eigenvalue weighted by molar-refractivity contribution is 5.97. The summed E-state index contributed by atoms with van der Waals surface area (Å²) in [7, 11) is 3.35. The van der Waals surface area contributed by atoms with Crippen LogP contribution in [0.3, 0.4) is 0 Å². The van der Waals surface area contributed by atoms with Crippen molar-refractivity contribution in [3.63, 3.8) is 0 Å². The van der Waals surface area contributed by atoms with Crippen molar-refractivity contribution in [2.75, 3.05) is 14.1 Å². The summed E-state index contributed by atoms with van der Waals surface area (Å²) in [6.07, 6.45) is -0.161. The maximum absolute atomic E-state index is 11.8. The van der Waals surface area contributed by atoms with Gasteiger partial charge in [0.1, 0.15) is 12.2 Å². The zero-order chi connectivity index (χ0) is 13.3. The number of aromatic nitrogens is 2. The summed E-state index contributed by atoms with van der Waals surface area (Å²) < 4.78 is 0. The second-order valence-electron chi connectivity index (χ2n) is 4.19. The number of H-pyrrole nitrogens is 1. The van der Waals surface area contributed by atoms with Gasteiger partial charge in [-0.25, -0.2) is 4.98 Å². The number of benzene rings is 1. The maximum atomic E-state index is 11.8.